The summed E-state index contributed by atoms with van der Waals surface area (Å²) in [4.78, 5) is 3.79. The third-order valence-corrected chi connectivity index (χ3v) is 2.44. The van der Waals surface area contributed by atoms with Crippen molar-refractivity contribution in [3.8, 4) is 17.0 Å². The van der Waals surface area contributed by atoms with Crippen molar-refractivity contribution in [2.24, 2.45) is 0 Å². The molecule has 0 saturated carbocycles. The number of alkyl halides is 3. The summed E-state index contributed by atoms with van der Waals surface area (Å²) in [6.07, 6.45) is -3.87. The number of ether oxygens (including phenoxy) is 1. The van der Waals surface area contributed by atoms with Crippen molar-refractivity contribution in [3.05, 3.63) is 47.9 Å². The molecule has 0 fully saturated rings. The third kappa shape index (κ3) is 3.45. The molecule has 2 rings (SSSR count). The van der Waals surface area contributed by atoms with Gasteiger partial charge in [-0.25, -0.2) is 4.39 Å². The molecular formula is C13H9F4NO2. The Balaban J connectivity index is 2.41. The summed E-state index contributed by atoms with van der Waals surface area (Å²) in [6.45, 7) is -0.482. The van der Waals surface area contributed by atoms with E-state index in [-0.39, 0.29) is 16.8 Å². The van der Waals surface area contributed by atoms with Gasteiger partial charge in [0.1, 0.15) is 11.6 Å². The summed E-state index contributed by atoms with van der Waals surface area (Å²) in [5.74, 6) is -1.05. The highest BCUT2D eigenvalue weighted by Crippen LogP contribution is 2.28. The van der Waals surface area contributed by atoms with Gasteiger partial charge in [-0.05, 0) is 18.2 Å². The Morgan fingerprint density at radius 2 is 1.95 bits per heavy atom. The van der Waals surface area contributed by atoms with E-state index in [9.17, 15) is 17.6 Å². The number of hydrogen-bond donors (Lipinski definition) is 1. The van der Waals surface area contributed by atoms with Gasteiger partial charge in [0.2, 0.25) is 0 Å². The fourth-order valence-corrected chi connectivity index (χ4v) is 1.70. The second-order valence-corrected chi connectivity index (χ2v) is 3.90. The van der Waals surface area contributed by atoms with Crippen molar-refractivity contribution < 1.29 is 27.4 Å². The lowest BCUT2D eigenvalue weighted by Crippen LogP contribution is -2.17. The Bertz CT molecular complexity index is 614. The van der Waals surface area contributed by atoms with Crippen LogP contribution in [0.3, 0.4) is 0 Å². The number of pyridine rings is 1. The number of benzene rings is 1. The van der Waals surface area contributed by atoms with Crippen molar-refractivity contribution in [1.82, 2.24) is 4.98 Å². The van der Waals surface area contributed by atoms with Gasteiger partial charge in [-0.3, -0.25) is 4.98 Å². The molecule has 1 N–H and O–H groups in total. The largest absolute Gasteiger partial charge is 0.573 e. The molecule has 0 spiro atoms. The first kappa shape index (κ1) is 14.3. The number of aliphatic hydroxyl groups excluding tert-OH is 1. The van der Waals surface area contributed by atoms with Gasteiger partial charge in [-0.1, -0.05) is 12.1 Å². The Morgan fingerprint density at radius 3 is 2.60 bits per heavy atom. The number of nitrogens with zero attached hydrogens (tertiary/aromatic N) is 1. The minimum atomic E-state index is -4.80. The molecule has 0 amide bonds. The minimum Gasteiger partial charge on any atom is -0.406 e. The van der Waals surface area contributed by atoms with Crippen LogP contribution >= 0.6 is 0 Å². The molecule has 0 aliphatic heterocycles. The molecular weight excluding hydrogens is 278 g/mol. The summed E-state index contributed by atoms with van der Waals surface area (Å²) in [5, 5.41) is 9.14. The molecule has 106 valence electrons. The highest BCUT2D eigenvalue weighted by atomic mass is 19.4. The van der Waals surface area contributed by atoms with Crippen molar-refractivity contribution in [2.75, 3.05) is 0 Å². The van der Waals surface area contributed by atoms with Gasteiger partial charge < -0.3 is 9.84 Å². The second kappa shape index (κ2) is 5.46. The van der Waals surface area contributed by atoms with E-state index in [1.807, 2.05) is 0 Å². The Labute approximate surface area is 111 Å². The lowest BCUT2D eigenvalue weighted by atomic mass is 10.1. The first-order valence-electron chi connectivity index (χ1n) is 5.50. The number of aliphatic hydroxyl groups is 1. The van der Waals surface area contributed by atoms with Crippen LogP contribution in [0.25, 0.3) is 11.3 Å². The first-order valence-corrected chi connectivity index (χ1v) is 5.50. The van der Waals surface area contributed by atoms with Crippen LogP contribution in [0.4, 0.5) is 17.6 Å². The SMILES string of the molecule is OCc1cc(F)cnc1-c1cccc(OC(F)(F)F)c1. The van der Waals surface area contributed by atoms with Gasteiger partial charge in [0.15, 0.2) is 0 Å². The zero-order valence-electron chi connectivity index (χ0n) is 9.99. The van der Waals surface area contributed by atoms with E-state index in [4.69, 9.17) is 5.11 Å². The van der Waals surface area contributed by atoms with Gasteiger partial charge in [0, 0.05) is 11.1 Å². The van der Waals surface area contributed by atoms with E-state index in [2.05, 4.69) is 9.72 Å². The monoisotopic (exact) mass is 287 g/mol. The van der Waals surface area contributed by atoms with Crippen molar-refractivity contribution >= 4 is 0 Å². The molecule has 1 heterocycles. The van der Waals surface area contributed by atoms with Crippen molar-refractivity contribution in [3.63, 3.8) is 0 Å². The zero-order valence-corrected chi connectivity index (χ0v) is 9.99. The topological polar surface area (TPSA) is 42.4 Å². The molecule has 20 heavy (non-hydrogen) atoms. The quantitative estimate of drug-likeness (QED) is 0.881. The average Bonchev–Trinajstić information content (AvgIpc) is 2.36. The maximum absolute atomic E-state index is 13.0. The number of halogens is 4. The molecule has 3 nitrogen and oxygen atoms in total. The van der Waals surface area contributed by atoms with Crippen LogP contribution in [-0.4, -0.2) is 16.5 Å². The van der Waals surface area contributed by atoms with Crippen LogP contribution in [0.2, 0.25) is 0 Å². The van der Waals surface area contributed by atoms with E-state index in [1.165, 1.54) is 12.1 Å². The van der Waals surface area contributed by atoms with Gasteiger partial charge in [0.25, 0.3) is 0 Å². The summed E-state index contributed by atoms with van der Waals surface area (Å²) < 4.78 is 53.2. The molecule has 1 aromatic heterocycles. The van der Waals surface area contributed by atoms with Gasteiger partial charge >= 0.3 is 6.36 Å². The lowest BCUT2D eigenvalue weighted by molar-refractivity contribution is -0.274. The smallest absolute Gasteiger partial charge is 0.406 e. The summed E-state index contributed by atoms with van der Waals surface area (Å²) in [7, 11) is 0. The van der Waals surface area contributed by atoms with Crippen LogP contribution in [0.5, 0.6) is 5.75 Å². The second-order valence-electron chi connectivity index (χ2n) is 3.90. The predicted octanol–water partition coefficient (Wildman–Crippen LogP) is 3.28. The molecule has 0 aliphatic rings. The maximum Gasteiger partial charge on any atom is 0.573 e. The van der Waals surface area contributed by atoms with Crippen LogP contribution in [-0.2, 0) is 6.61 Å². The molecule has 0 atom stereocenters. The molecule has 0 radical (unpaired) electrons. The first-order chi connectivity index (χ1) is 9.39. The Kier molecular flexibility index (Phi) is 3.89. The van der Waals surface area contributed by atoms with E-state index in [0.29, 0.717) is 0 Å². The summed E-state index contributed by atoms with van der Waals surface area (Å²) in [6, 6.07) is 6.16. The van der Waals surface area contributed by atoms with Crippen LogP contribution in [0.1, 0.15) is 5.56 Å². The molecule has 7 heteroatoms. The average molecular weight is 287 g/mol. The van der Waals surface area contributed by atoms with Crippen molar-refractivity contribution in [1.29, 1.82) is 0 Å². The summed E-state index contributed by atoms with van der Waals surface area (Å²) in [5.41, 5.74) is 0.659. The summed E-state index contributed by atoms with van der Waals surface area (Å²) >= 11 is 0. The standard InChI is InChI=1S/C13H9F4NO2/c14-10-4-9(7-19)12(18-6-10)8-2-1-3-11(5-8)20-13(15,16)17/h1-6,19H,7H2. The molecule has 0 unspecified atom stereocenters. The lowest BCUT2D eigenvalue weighted by Gasteiger charge is -2.11. The normalized spacial score (nSPS) is 11.4. The van der Waals surface area contributed by atoms with E-state index >= 15 is 0 Å². The Hall–Kier alpha value is -2.15. The van der Waals surface area contributed by atoms with Crippen LogP contribution < -0.4 is 4.74 Å². The molecule has 2 aromatic rings. The maximum atomic E-state index is 13.0. The van der Waals surface area contributed by atoms with Gasteiger partial charge in [-0.15, -0.1) is 13.2 Å². The van der Waals surface area contributed by atoms with Crippen molar-refractivity contribution in [2.45, 2.75) is 13.0 Å². The van der Waals surface area contributed by atoms with Gasteiger partial charge in [-0.2, -0.15) is 0 Å². The van der Waals surface area contributed by atoms with Crippen LogP contribution in [0, 0.1) is 5.82 Å². The van der Waals surface area contributed by atoms with E-state index in [1.54, 1.807) is 0 Å². The minimum absolute atomic E-state index is 0.175. The number of aromatic nitrogens is 1. The van der Waals surface area contributed by atoms with Gasteiger partial charge in [0.05, 0.1) is 18.5 Å². The molecule has 0 aliphatic carbocycles. The number of hydrogen-bond acceptors (Lipinski definition) is 3. The van der Waals surface area contributed by atoms with Crippen LogP contribution in [0.15, 0.2) is 36.5 Å². The third-order valence-electron chi connectivity index (χ3n) is 2.44. The molecule has 0 bridgehead atoms. The Morgan fingerprint density at radius 1 is 1.20 bits per heavy atom. The molecule has 0 saturated heterocycles. The highest BCUT2D eigenvalue weighted by molar-refractivity contribution is 5.64. The molecule has 1 aromatic carbocycles. The number of rotatable bonds is 3. The van der Waals surface area contributed by atoms with E-state index < -0.39 is 24.5 Å². The fourth-order valence-electron chi connectivity index (χ4n) is 1.70. The predicted molar refractivity (Wildman–Crippen MR) is 62.2 cm³/mol. The van der Waals surface area contributed by atoms with E-state index in [0.717, 1.165) is 24.4 Å². The zero-order chi connectivity index (χ0) is 14.8. The highest BCUT2D eigenvalue weighted by Gasteiger charge is 2.31. The fraction of sp³-hybridized carbons (Fsp3) is 0.154.